The van der Waals surface area contributed by atoms with Crippen molar-refractivity contribution in [2.75, 3.05) is 13.1 Å². The fourth-order valence-corrected chi connectivity index (χ4v) is 3.53. The van der Waals surface area contributed by atoms with Crippen LogP contribution in [0.4, 0.5) is 0 Å². The molecule has 0 aromatic rings. The Morgan fingerprint density at radius 3 is 1.27 bits per heavy atom. The Morgan fingerprint density at radius 1 is 0.500 bits per heavy atom. The van der Waals surface area contributed by atoms with Crippen molar-refractivity contribution < 1.29 is 0 Å². The number of unbranched alkanes of at least 4 members (excludes halogenated alkanes) is 8. The maximum Gasteiger partial charge on any atom is 0.00952 e. The lowest BCUT2D eigenvalue weighted by Gasteiger charge is -2.31. The second kappa shape index (κ2) is 17.3. The second-order valence-corrected chi connectivity index (χ2v) is 7.10. The standard InChI is InChI=1S/C21H45N/c1-5-9-11-13-15-17-21(18-16-14-12-10-6-2)22(19-7-3)20-8-4/h21H,5-20H2,1-4H3. The van der Waals surface area contributed by atoms with Crippen LogP contribution in [0.1, 0.15) is 118 Å². The fourth-order valence-electron chi connectivity index (χ4n) is 3.53. The summed E-state index contributed by atoms with van der Waals surface area (Å²) in [6.45, 7) is 11.9. The molecule has 0 aliphatic carbocycles. The zero-order chi connectivity index (χ0) is 16.5. The van der Waals surface area contributed by atoms with Crippen LogP contribution in [0.2, 0.25) is 0 Å². The number of hydrogen-bond acceptors (Lipinski definition) is 1. The summed E-state index contributed by atoms with van der Waals surface area (Å²) < 4.78 is 0. The minimum absolute atomic E-state index is 0.864. The van der Waals surface area contributed by atoms with E-state index in [2.05, 4.69) is 32.6 Å². The van der Waals surface area contributed by atoms with E-state index < -0.39 is 0 Å². The fraction of sp³-hybridized carbons (Fsp3) is 1.00. The third-order valence-corrected chi connectivity index (χ3v) is 4.82. The van der Waals surface area contributed by atoms with Crippen molar-refractivity contribution in [1.82, 2.24) is 4.90 Å². The molecule has 0 aliphatic rings. The number of hydrogen-bond donors (Lipinski definition) is 0. The lowest BCUT2D eigenvalue weighted by Crippen LogP contribution is -2.36. The predicted molar refractivity (Wildman–Crippen MR) is 103 cm³/mol. The van der Waals surface area contributed by atoms with Crippen molar-refractivity contribution in [1.29, 1.82) is 0 Å². The molecule has 0 unspecified atom stereocenters. The van der Waals surface area contributed by atoms with Crippen LogP contribution in [0.5, 0.6) is 0 Å². The third-order valence-electron chi connectivity index (χ3n) is 4.82. The van der Waals surface area contributed by atoms with E-state index in [1.54, 1.807) is 0 Å². The molecule has 0 aliphatic heterocycles. The highest BCUT2D eigenvalue weighted by atomic mass is 15.1. The summed E-state index contributed by atoms with van der Waals surface area (Å²) in [6, 6.07) is 0.864. The van der Waals surface area contributed by atoms with Crippen LogP contribution in [0.25, 0.3) is 0 Å². The molecule has 0 rings (SSSR count). The highest BCUT2D eigenvalue weighted by Gasteiger charge is 2.16. The number of nitrogens with zero attached hydrogens (tertiary/aromatic N) is 1. The van der Waals surface area contributed by atoms with E-state index in [4.69, 9.17) is 0 Å². The molecule has 0 radical (unpaired) electrons. The average molecular weight is 312 g/mol. The molecule has 0 N–H and O–H groups in total. The first-order valence-corrected chi connectivity index (χ1v) is 10.5. The quantitative estimate of drug-likeness (QED) is 0.257. The zero-order valence-corrected chi connectivity index (χ0v) is 16.3. The van der Waals surface area contributed by atoms with Gasteiger partial charge in [0.05, 0.1) is 0 Å². The van der Waals surface area contributed by atoms with E-state index in [-0.39, 0.29) is 0 Å². The summed E-state index contributed by atoms with van der Waals surface area (Å²) in [5, 5.41) is 0. The van der Waals surface area contributed by atoms with Crippen molar-refractivity contribution in [2.45, 2.75) is 124 Å². The Labute approximate surface area is 142 Å². The van der Waals surface area contributed by atoms with Gasteiger partial charge in [0.2, 0.25) is 0 Å². The van der Waals surface area contributed by atoms with Gasteiger partial charge in [-0.3, -0.25) is 0 Å². The smallest absolute Gasteiger partial charge is 0.00952 e. The van der Waals surface area contributed by atoms with Crippen LogP contribution in [0, 0.1) is 0 Å². The molecule has 0 atom stereocenters. The van der Waals surface area contributed by atoms with Gasteiger partial charge in [-0.1, -0.05) is 91.9 Å². The SMILES string of the molecule is CCCCCCCC(CCCCCCC)N(CCC)CCC. The molecule has 0 amide bonds. The minimum Gasteiger partial charge on any atom is -0.300 e. The van der Waals surface area contributed by atoms with E-state index >= 15 is 0 Å². The van der Waals surface area contributed by atoms with Crippen LogP contribution in [0.15, 0.2) is 0 Å². The molecule has 0 heterocycles. The number of rotatable bonds is 17. The Bertz CT molecular complexity index is 182. The van der Waals surface area contributed by atoms with Crippen molar-refractivity contribution in [3.05, 3.63) is 0 Å². The molecular weight excluding hydrogens is 266 g/mol. The van der Waals surface area contributed by atoms with Gasteiger partial charge in [-0.2, -0.15) is 0 Å². The Kier molecular flexibility index (Phi) is 17.3. The summed E-state index contributed by atoms with van der Waals surface area (Å²) >= 11 is 0. The van der Waals surface area contributed by atoms with Gasteiger partial charge in [0.1, 0.15) is 0 Å². The molecule has 0 aromatic heterocycles. The minimum atomic E-state index is 0.864. The van der Waals surface area contributed by atoms with Crippen LogP contribution >= 0.6 is 0 Å². The molecule has 134 valence electrons. The van der Waals surface area contributed by atoms with Gasteiger partial charge in [-0.25, -0.2) is 0 Å². The van der Waals surface area contributed by atoms with E-state index in [1.807, 2.05) is 0 Å². The topological polar surface area (TPSA) is 3.24 Å². The zero-order valence-electron chi connectivity index (χ0n) is 16.3. The van der Waals surface area contributed by atoms with Crippen molar-refractivity contribution >= 4 is 0 Å². The van der Waals surface area contributed by atoms with E-state index in [1.165, 1.54) is 103 Å². The molecule has 0 aromatic carbocycles. The van der Waals surface area contributed by atoms with Crippen LogP contribution in [-0.2, 0) is 0 Å². The van der Waals surface area contributed by atoms with Gasteiger partial charge in [-0.15, -0.1) is 0 Å². The summed E-state index contributed by atoms with van der Waals surface area (Å²) in [6.07, 6.45) is 19.8. The van der Waals surface area contributed by atoms with Crippen LogP contribution in [-0.4, -0.2) is 24.0 Å². The normalized spacial score (nSPS) is 11.7. The first kappa shape index (κ1) is 22.0. The monoisotopic (exact) mass is 311 g/mol. The molecule has 0 bridgehead atoms. The molecule has 1 heteroatoms. The largest absolute Gasteiger partial charge is 0.300 e. The molecule has 0 saturated heterocycles. The van der Waals surface area contributed by atoms with Gasteiger partial charge in [0, 0.05) is 6.04 Å². The molecule has 0 spiro atoms. The van der Waals surface area contributed by atoms with Gasteiger partial charge >= 0.3 is 0 Å². The Hall–Kier alpha value is -0.0400. The first-order valence-electron chi connectivity index (χ1n) is 10.5. The molecule has 0 fully saturated rings. The Morgan fingerprint density at radius 2 is 0.909 bits per heavy atom. The summed E-state index contributed by atoms with van der Waals surface area (Å²) in [4.78, 5) is 2.81. The van der Waals surface area contributed by atoms with Crippen LogP contribution < -0.4 is 0 Å². The average Bonchev–Trinajstić information content (AvgIpc) is 2.52. The van der Waals surface area contributed by atoms with E-state index in [0.29, 0.717) is 0 Å². The lowest BCUT2D eigenvalue weighted by atomic mass is 9.98. The summed E-state index contributed by atoms with van der Waals surface area (Å²) in [7, 11) is 0. The third kappa shape index (κ3) is 12.5. The lowest BCUT2D eigenvalue weighted by molar-refractivity contribution is 0.170. The highest BCUT2D eigenvalue weighted by molar-refractivity contribution is 4.72. The molecular formula is C21H45N. The van der Waals surface area contributed by atoms with Gasteiger partial charge in [-0.05, 0) is 38.8 Å². The van der Waals surface area contributed by atoms with Crippen LogP contribution in [0.3, 0.4) is 0 Å². The second-order valence-electron chi connectivity index (χ2n) is 7.10. The Balaban J connectivity index is 4.14. The van der Waals surface area contributed by atoms with Gasteiger partial charge in [0.15, 0.2) is 0 Å². The van der Waals surface area contributed by atoms with E-state index in [0.717, 1.165) is 6.04 Å². The molecule has 0 saturated carbocycles. The van der Waals surface area contributed by atoms with Crippen molar-refractivity contribution in [2.24, 2.45) is 0 Å². The van der Waals surface area contributed by atoms with Crippen molar-refractivity contribution in [3.63, 3.8) is 0 Å². The maximum atomic E-state index is 2.81. The summed E-state index contributed by atoms with van der Waals surface area (Å²) in [5.41, 5.74) is 0. The highest BCUT2D eigenvalue weighted by Crippen LogP contribution is 2.19. The maximum absolute atomic E-state index is 2.81. The summed E-state index contributed by atoms with van der Waals surface area (Å²) in [5.74, 6) is 0. The van der Waals surface area contributed by atoms with Gasteiger partial charge < -0.3 is 4.90 Å². The van der Waals surface area contributed by atoms with Gasteiger partial charge in [0.25, 0.3) is 0 Å². The first-order chi connectivity index (χ1) is 10.8. The predicted octanol–water partition coefficient (Wildman–Crippen LogP) is 7.20. The van der Waals surface area contributed by atoms with Crippen molar-refractivity contribution in [3.8, 4) is 0 Å². The van der Waals surface area contributed by atoms with E-state index in [9.17, 15) is 0 Å². The molecule has 22 heavy (non-hydrogen) atoms. The molecule has 1 nitrogen and oxygen atoms in total.